The summed E-state index contributed by atoms with van der Waals surface area (Å²) in [6.45, 7) is 6.44. The summed E-state index contributed by atoms with van der Waals surface area (Å²) in [5.41, 5.74) is 4.95. The number of hydrogen-bond donors (Lipinski definition) is 1. The average molecular weight is 341 g/mol. The van der Waals surface area contributed by atoms with E-state index in [9.17, 15) is 4.79 Å². The number of ether oxygens (including phenoxy) is 1. The molecule has 0 aliphatic rings. The van der Waals surface area contributed by atoms with Crippen LogP contribution in [0.25, 0.3) is 10.1 Å². The first-order chi connectivity index (χ1) is 11.5. The predicted molar refractivity (Wildman–Crippen MR) is 95.9 cm³/mol. The number of carboxylic acids is 1. The molecule has 0 fully saturated rings. The molecule has 0 bridgehead atoms. The molecule has 124 valence electrons. The second kappa shape index (κ2) is 6.61. The minimum Gasteiger partial charge on any atom is -0.489 e. The summed E-state index contributed by atoms with van der Waals surface area (Å²) >= 11 is 1.57. The zero-order valence-electron chi connectivity index (χ0n) is 13.9. The fourth-order valence-electron chi connectivity index (χ4n) is 2.75. The molecule has 5 heteroatoms. The maximum Gasteiger partial charge on any atom is 0.307 e. The number of hydrogen-bond acceptors (Lipinski definition) is 4. The number of aryl methyl sites for hydroxylation is 3. The van der Waals surface area contributed by atoms with E-state index >= 15 is 0 Å². The first-order valence-electron chi connectivity index (χ1n) is 7.73. The van der Waals surface area contributed by atoms with Crippen molar-refractivity contribution in [2.75, 3.05) is 0 Å². The zero-order chi connectivity index (χ0) is 17.3. The van der Waals surface area contributed by atoms with Gasteiger partial charge in [0.15, 0.2) is 0 Å². The highest BCUT2D eigenvalue weighted by Gasteiger charge is 2.13. The van der Waals surface area contributed by atoms with Gasteiger partial charge < -0.3 is 9.84 Å². The summed E-state index contributed by atoms with van der Waals surface area (Å²) in [4.78, 5) is 15.4. The Bertz CT molecular complexity index is 914. The van der Waals surface area contributed by atoms with E-state index in [0.717, 1.165) is 43.9 Å². The molecule has 4 nitrogen and oxygen atoms in total. The van der Waals surface area contributed by atoms with Gasteiger partial charge in [0.2, 0.25) is 0 Å². The fourth-order valence-corrected chi connectivity index (χ4v) is 3.83. The Labute approximate surface area is 144 Å². The van der Waals surface area contributed by atoms with Crippen molar-refractivity contribution >= 4 is 27.4 Å². The Kier molecular flexibility index (Phi) is 4.53. The second-order valence-corrected chi connectivity index (χ2v) is 6.76. The third kappa shape index (κ3) is 3.26. The Morgan fingerprint density at radius 3 is 2.67 bits per heavy atom. The number of rotatable bonds is 5. The van der Waals surface area contributed by atoms with E-state index in [0.29, 0.717) is 6.61 Å². The molecule has 0 unspecified atom stereocenters. The molecule has 3 aromatic rings. The van der Waals surface area contributed by atoms with Gasteiger partial charge in [0.1, 0.15) is 12.4 Å². The summed E-state index contributed by atoms with van der Waals surface area (Å²) in [6, 6.07) is 7.90. The van der Waals surface area contributed by atoms with Crippen molar-refractivity contribution in [2.24, 2.45) is 0 Å². The molecule has 0 spiro atoms. The van der Waals surface area contributed by atoms with Gasteiger partial charge in [-0.1, -0.05) is 6.07 Å². The summed E-state index contributed by atoms with van der Waals surface area (Å²) in [7, 11) is 0. The number of nitrogens with zero attached hydrogens (tertiary/aromatic N) is 1. The number of carboxylic acid groups (broad SMARTS) is 1. The van der Waals surface area contributed by atoms with Crippen LogP contribution in [-0.4, -0.2) is 16.1 Å². The van der Waals surface area contributed by atoms with Gasteiger partial charge in [-0.15, -0.1) is 11.3 Å². The molecule has 2 heterocycles. The van der Waals surface area contributed by atoms with Gasteiger partial charge in [0.25, 0.3) is 0 Å². The molecule has 1 aromatic carbocycles. The van der Waals surface area contributed by atoms with Crippen molar-refractivity contribution in [1.29, 1.82) is 0 Å². The number of pyridine rings is 1. The van der Waals surface area contributed by atoms with Gasteiger partial charge in [-0.05, 0) is 55.3 Å². The minimum absolute atomic E-state index is 0.0495. The summed E-state index contributed by atoms with van der Waals surface area (Å²) < 4.78 is 7.08. The van der Waals surface area contributed by atoms with E-state index in [1.807, 2.05) is 50.4 Å². The van der Waals surface area contributed by atoms with Crippen molar-refractivity contribution in [1.82, 2.24) is 4.98 Å². The van der Waals surface area contributed by atoms with Gasteiger partial charge in [-0.3, -0.25) is 9.78 Å². The van der Waals surface area contributed by atoms with Crippen LogP contribution in [0.3, 0.4) is 0 Å². The van der Waals surface area contributed by atoms with Crippen LogP contribution in [0.5, 0.6) is 5.75 Å². The summed E-state index contributed by atoms with van der Waals surface area (Å²) in [5.74, 6) is 0.0150. The van der Waals surface area contributed by atoms with Crippen LogP contribution in [0.2, 0.25) is 0 Å². The van der Waals surface area contributed by atoms with Crippen molar-refractivity contribution in [2.45, 2.75) is 33.8 Å². The zero-order valence-corrected chi connectivity index (χ0v) is 14.7. The molecule has 0 radical (unpaired) electrons. The molecule has 0 atom stereocenters. The predicted octanol–water partition coefficient (Wildman–Crippen LogP) is 4.43. The van der Waals surface area contributed by atoms with Crippen LogP contribution in [0.15, 0.2) is 29.6 Å². The summed E-state index contributed by atoms with van der Waals surface area (Å²) in [6.07, 6.45) is 0.0495. The molecular weight excluding hydrogens is 322 g/mol. The molecule has 0 aliphatic heterocycles. The van der Waals surface area contributed by atoms with Crippen LogP contribution >= 0.6 is 11.3 Å². The van der Waals surface area contributed by atoms with Crippen molar-refractivity contribution in [3.05, 3.63) is 57.7 Å². The van der Waals surface area contributed by atoms with Crippen LogP contribution in [0.4, 0.5) is 0 Å². The van der Waals surface area contributed by atoms with E-state index < -0.39 is 5.97 Å². The van der Waals surface area contributed by atoms with Gasteiger partial charge in [-0.25, -0.2) is 0 Å². The highest BCUT2D eigenvalue weighted by atomic mass is 32.1. The maximum absolute atomic E-state index is 11.0. The van der Waals surface area contributed by atoms with Crippen molar-refractivity contribution < 1.29 is 14.6 Å². The van der Waals surface area contributed by atoms with Gasteiger partial charge in [0.05, 0.1) is 6.42 Å². The molecule has 0 saturated carbocycles. The van der Waals surface area contributed by atoms with Gasteiger partial charge >= 0.3 is 5.97 Å². The van der Waals surface area contributed by atoms with E-state index in [1.54, 1.807) is 11.3 Å². The summed E-state index contributed by atoms with van der Waals surface area (Å²) in [5, 5.41) is 11.9. The number of aromatic nitrogens is 1. The molecular formula is C19H19NO3S. The maximum atomic E-state index is 11.0. The third-order valence-electron chi connectivity index (χ3n) is 4.08. The molecule has 0 amide bonds. The molecule has 0 saturated heterocycles. The second-order valence-electron chi connectivity index (χ2n) is 5.88. The lowest BCUT2D eigenvalue weighted by atomic mass is 10.1. The van der Waals surface area contributed by atoms with Crippen LogP contribution < -0.4 is 4.74 Å². The first kappa shape index (κ1) is 16.5. The van der Waals surface area contributed by atoms with Crippen LogP contribution in [0.1, 0.15) is 28.1 Å². The minimum atomic E-state index is -0.810. The fraction of sp³-hybridized carbons (Fsp3) is 0.263. The average Bonchev–Trinajstić information content (AvgIpc) is 2.91. The number of aliphatic carboxylic acids is 1. The Morgan fingerprint density at radius 2 is 1.96 bits per heavy atom. The topological polar surface area (TPSA) is 59.4 Å². The lowest BCUT2D eigenvalue weighted by Crippen LogP contribution is -2.02. The van der Waals surface area contributed by atoms with Crippen molar-refractivity contribution in [3.8, 4) is 5.75 Å². The quantitative estimate of drug-likeness (QED) is 0.746. The number of fused-ring (bicyclic) bond motifs is 1. The SMILES string of the molecule is Cc1ccc(COc2ccc3c(CC(=O)O)csc3c2C)c(C)n1. The normalized spacial score (nSPS) is 11.0. The van der Waals surface area contributed by atoms with E-state index in [4.69, 9.17) is 9.84 Å². The van der Waals surface area contributed by atoms with Gasteiger partial charge in [-0.2, -0.15) is 0 Å². The van der Waals surface area contributed by atoms with Crippen molar-refractivity contribution in [3.63, 3.8) is 0 Å². The number of thiophene rings is 1. The van der Waals surface area contributed by atoms with Gasteiger partial charge in [0, 0.05) is 27.2 Å². The highest BCUT2D eigenvalue weighted by molar-refractivity contribution is 7.17. The molecule has 24 heavy (non-hydrogen) atoms. The molecule has 1 N–H and O–H groups in total. The monoisotopic (exact) mass is 341 g/mol. The number of benzene rings is 1. The Balaban J connectivity index is 1.85. The standard InChI is InChI=1S/C19H19NO3S/c1-11-4-5-14(13(3)20-11)9-23-17-7-6-16-15(8-18(21)22)10-24-19(16)12(17)2/h4-7,10H,8-9H2,1-3H3,(H,21,22). The largest absolute Gasteiger partial charge is 0.489 e. The molecule has 2 aromatic heterocycles. The van der Waals surface area contributed by atoms with E-state index in [-0.39, 0.29) is 6.42 Å². The number of carbonyl (C=O) groups is 1. The Hall–Kier alpha value is -2.40. The smallest absolute Gasteiger partial charge is 0.307 e. The first-order valence-corrected chi connectivity index (χ1v) is 8.61. The third-order valence-corrected chi connectivity index (χ3v) is 5.24. The Morgan fingerprint density at radius 1 is 1.17 bits per heavy atom. The van der Waals surface area contributed by atoms with Crippen LogP contribution in [0, 0.1) is 20.8 Å². The lowest BCUT2D eigenvalue weighted by Gasteiger charge is -2.12. The molecule has 3 rings (SSSR count). The van der Waals surface area contributed by atoms with Crippen LogP contribution in [-0.2, 0) is 17.8 Å². The molecule has 0 aliphatic carbocycles. The van der Waals surface area contributed by atoms with E-state index in [2.05, 4.69) is 4.98 Å². The van der Waals surface area contributed by atoms with E-state index in [1.165, 1.54) is 0 Å². The lowest BCUT2D eigenvalue weighted by molar-refractivity contribution is -0.136. The highest BCUT2D eigenvalue weighted by Crippen LogP contribution is 2.34.